The third-order valence-electron chi connectivity index (χ3n) is 1.78. The van der Waals surface area contributed by atoms with E-state index in [1.54, 1.807) is 31.3 Å². The number of nitrogens with two attached hydrogens (primary N) is 1. The van der Waals surface area contributed by atoms with Gasteiger partial charge in [-0.15, -0.1) is 11.3 Å². The van der Waals surface area contributed by atoms with Gasteiger partial charge in [-0.25, -0.2) is 4.98 Å². The fourth-order valence-corrected chi connectivity index (χ4v) is 1.67. The summed E-state index contributed by atoms with van der Waals surface area (Å²) in [6.45, 7) is 3.92. The Hall–Kier alpha value is -0.940. The summed E-state index contributed by atoms with van der Waals surface area (Å²) in [7, 11) is 1.73. The second-order valence-corrected chi connectivity index (χ2v) is 4.58. The Morgan fingerprint density at radius 1 is 1.71 bits per heavy atom. The maximum absolute atomic E-state index is 11.7. The van der Waals surface area contributed by atoms with Crippen LogP contribution < -0.4 is 5.73 Å². The molecule has 14 heavy (non-hydrogen) atoms. The number of nitrogens with zero attached hydrogens (tertiary/aromatic N) is 2. The van der Waals surface area contributed by atoms with Gasteiger partial charge in [0.15, 0.2) is 0 Å². The van der Waals surface area contributed by atoms with Crippen LogP contribution >= 0.6 is 11.3 Å². The minimum absolute atomic E-state index is 0.0782. The number of amides is 1. The standard InChI is InChI=1S/C9H15N3OS/c1-9(2,10)8(13)12(3)4-7-5-14-6-11-7/h5-6H,4,10H2,1-3H3. The first-order valence-corrected chi connectivity index (χ1v) is 5.27. The summed E-state index contributed by atoms with van der Waals surface area (Å²) in [5.74, 6) is -0.0782. The summed E-state index contributed by atoms with van der Waals surface area (Å²) in [6.07, 6.45) is 0. The van der Waals surface area contributed by atoms with E-state index in [1.165, 1.54) is 11.3 Å². The van der Waals surface area contributed by atoms with Gasteiger partial charge in [0.05, 0.1) is 23.3 Å². The number of rotatable bonds is 3. The van der Waals surface area contributed by atoms with E-state index in [0.29, 0.717) is 6.54 Å². The zero-order valence-corrected chi connectivity index (χ0v) is 9.47. The summed E-state index contributed by atoms with van der Waals surface area (Å²) >= 11 is 1.52. The third-order valence-corrected chi connectivity index (χ3v) is 2.42. The molecule has 0 radical (unpaired) electrons. The highest BCUT2D eigenvalue weighted by Gasteiger charge is 2.25. The number of carbonyl (C=O) groups is 1. The molecule has 0 aromatic carbocycles. The lowest BCUT2D eigenvalue weighted by atomic mass is 10.1. The maximum atomic E-state index is 11.7. The fraction of sp³-hybridized carbons (Fsp3) is 0.556. The molecule has 0 bridgehead atoms. The molecule has 1 aromatic rings. The van der Waals surface area contributed by atoms with Crippen molar-refractivity contribution in [3.05, 3.63) is 16.6 Å². The molecule has 4 nitrogen and oxygen atoms in total. The monoisotopic (exact) mass is 213 g/mol. The normalized spacial score (nSPS) is 11.4. The number of carbonyl (C=O) groups excluding carboxylic acids is 1. The van der Waals surface area contributed by atoms with Crippen molar-refractivity contribution in [2.75, 3.05) is 7.05 Å². The molecule has 0 atom stereocenters. The minimum atomic E-state index is -0.815. The van der Waals surface area contributed by atoms with Gasteiger partial charge < -0.3 is 10.6 Å². The van der Waals surface area contributed by atoms with Crippen molar-refractivity contribution in [3.63, 3.8) is 0 Å². The molecule has 0 unspecified atom stereocenters. The van der Waals surface area contributed by atoms with E-state index in [-0.39, 0.29) is 5.91 Å². The molecule has 0 spiro atoms. The molecule has 78 valence electrons. The third kappa shape index (κ3) is 2.78. The van der Waals surface area contributed by atoms with Crippen LogP contribution in [0.3, 0.4) is 0 Å². The van der Waals surface area contributed by atoms with E-state index in [2.05, 4.69) is 4.98 Å². The van der Waals surface area contributed by atoms with Crippen LogP contribution in [-0.4, -0.2) is 28.4 Å². The van der Waals surface area contributed by atoms with Crippen molar-refractivity contribution in [3.8, 4) is 0 Å². The lowest BCUT2D eigenvalue weighted by molar-refractivity contribution is -0.135. The summed E-state index contributed by atoms with van der Waals surface area (Å²) in [4.78, 5) is 17.4. The quantitative estimate of drug-likeness (QED) is 0.809. The van der Waals surface area contributed by atoms with Gasteiger partial charge in [-0.1, -0.05) is 0 Å². The van der Waals surface area contributed by atoms with Gasteiger partial charge in [0, 0.05) is 12.4 Å². The molecule has 1 rings (SSSR count). The molecule has 1 aromatic heterocycles. The molecule has 1 amide bonds. The van der Waals surface area contributed by atoms with Crippen molar-refractivity contribution in [2.24, 2.45) is 5.73 Å². The van der Waals surface area contributed by atoms with Crippen LogP contribution in [0, 0.1) is 0 Å². The minimum Gasteiger partial charge on any atom is -0.338 e. The van der Waals surface area contributed by atoms with Gasteiger partial charge in [0.2, 0.25) is 5.91 Å². The zero-order chi connectivity index (χ0) is 10.8. The topological polar surface area (TPSA) is 59.2 Å². The Balaban J connectivity index is 2.59. The zero-order valence-electron chi connectivity index (χ0n) is 8.65. The molecule has 0 saturated heterocycles. The number of hydrogen-bond donors (Lipinski definition) is 1. The first kappa shape index (κ1) is 11.1. The Kier molecular flexibility index (Phi) is 3.23. The van der Waals surface area contributed by atoms with Gasteiger partial charge in [-0.2, -0.15) is 0 Å². The number of hydrogen-bond acceptors (Lipinski definition) is 4. The van der Waals surface area contributed by atoms with Crippen LogP contribution in [0.15, 0.2) is 10.9 Å². The highest BCUT2D eigenvalue weighted by molar-refractivity contribution is 7.07. The van der Waals surface area contributed by atoms with Crippen LogP contribution in [0.25, 0.3) is 0 Å². The number of likely N-dealkylation sites (N-methyl/N-ethyl adjacent to an activating group) is 1. The van der Waals surface area contributed by atoms with E-state index in [4.69, 9.17) is 5.73 Å². The van der Waals surface area contributed by atoms with Crippen LogP contribution in [0.2, 0.25) is 0 Å². The highest BCUT2D eigenvalue weighted by atomic mass is 32.1. The number of thiazole rings is 1. The Morgan fingerprint density at radius 2 is 2.36 bits per heavy atom. The lowest BCUT2D eigenvalue weighted by Crippen LogP contribution is -2.49. The Bertz CT molecular complexity index is 302. The molecule has 0 aliphatic heterocycles. The van der Waals surface area contributed by atoms with E-state index in [0.717, 1.165) is 5.69 Å². The van der Waals surface area contributed by atoms with Crippen molar-refractivity contribution in [1.82, 2.24) is 9.88 Å². The smallest absolute Gasteiger partial charge is 0.242 e. The first-order valence-electron chi connectivity index (χ1n) is 4.33. The molecule has 5 heteroatoms. The van der Waals surface area contributed by atoms with Crippen molar-refractivity contribution in [2.45, 2.75) is 25.9 Å². The molecule has 0 aliphatic rings. The predicted molar refractivity (Wildman–Crippen MR) is 56.9 cm³/mol. The summed E-state index contributed by atoms with van der Waals surface area (Å²) in [5.41, 5.74) is 7.53. The summed E-state index contributed by atoms with van der Waals surface area (Å²) < 4.78 is 0. The van der Waals surface area contributed by atoms with Gasteiger partial charge in [-0.05, 0) is 13.8 Å². The molecule has 0 aliphatic carbocycles. The second kappa shape index (κ2) is 4.06. The van der Waals surface area contributed by atoms with Crippen LogP contribution in [-0.2, 0) is 11.3 Å². The largest absolute Gasteiger partial charge is 0.338 e. The van der Waals surface area contributed by atoms with Crippen LogP contribution in [0.5, 0.6) is 0 Å². The number of aromatic nitrogens is 1. The van der Waals surface area contributed by atoms with Crippen LogP contribution in [0.1, 0.15) is 19.5 Å². The molecular formula is C9H15N3OS. The van der Waals surface area contributed by atoms with E-state index < -0.39 is 5.54 Å². The van der Waals surface area contributed by atoms with Crippen molar-refractivity contribution >= 4 is 17.2 Å². The maximum Gasteiger partial charge on any atom is 0.242 e. The summed E-state index contributed by atoms with van der Waals surface area (Å²) in [5, 5.41) is 1.92. The Labute approximate surface area is 87.7 Å². The van der Waals surface area contributed by atoms with Crippen LogP contribution in [0.4, 0.5) is 0 Å². The molecule has 1 heterocycles. The predicted octanol–water partition coefficient (Wildman–Crippen LogP) is 0.839. The average molecular weight is 213 g/mol. The van der Waals surface area contributed by atoms with Crippen molar-refractivity contribution < 1.29 is 4.79 Å². The van der Waals surface area contributed by atoms with Gasteiger partial charge in [-0.3, -0.25) is 4.79 Å². The van der Waals surface area contributed by atoms with Gasteiger partial charge in [0.25, 0.3) is 0 Å². The Morgan fingerprint density at radius 3 is 2.79 bits per heavy atom. The molecule has 0 fully saturated rings. The van der Waals surface area contributed by atoms with Gasteiger partial charge >= 0.3 is 0 Å². The fourth-order valence-electron chi connectivity index (χ4n) is 1.12. The summed E-state index contributed by atoms with van der Waals surface area (Å²) in [6, 6.07) is 0. The highest BCUT2D eigenvalue weighted by Crippen LogP contribution is 2.08. The van der Waals surface area contributed by atoms with E-state index >= 15 is 0 Å². The molecular weight excluding hydrogens is 198 g/mol. The first-order chi connectivity index (χ1) is 6.41. The molecule has 2 N–H and O–H groups in total. The van der Waals surface area contributed by atoms with E-state index in [1.807, 2.05) is 5.38 Å². The SMILES string of the molecule is CN(Cc1cscn1)C(=O)C(C)(C)N. The van der Waals surface area contributed by atoms with E-state index in [9.17, 15) is 4.79 Å². The second-order valence-electron chi connectivity index (χ2n) is 3.86. The lowest BCUT2D eigenvalue weighted by Gasteiger charge is -2.25. The average Bonchev–Trinajstić information content (AvgIpc) is 2.53. The molecule has 0 saturated carbocycles. The van der Waals surface area contributed by atoms with Gasteiger partial charge in [0.1, 0.15) is 0 Å². The van der Waals surface area contributed by atoms with Crippen molar-refractivity contribution in [1.29, 1.82) is 0 Å².